The number of hydrogen-bond acceptors (Lipinski definition) is 7. The van der Waals surface area contributed by atoms with E-state index >= 15 is 0 Å². The van der Waals surface area contributed by atoms with Gasteiger partial charge in [0.2, 0.25) is 11.9 Å². The van der Waals surface area contributed by atoms with Crippen molar-refractivity contribution in [1.29, 1.82) is 0 Å². The first-order valence-corrected chi connectivity index (χ1v) is 9.03. The number of aromatic nitrogens is 2. The Hall–Kier alpha value is -2.09. The molecule has 0 bridgehead atoms. The molecule has 0 aromatic carbocycles. The van der Waals surface area contributed by atoms with Crippen LogP contribution in [0, 0.1) is 5.92 Å². The smallest absolute Gasteiger partial charge is 0.227 e. The van der Waals surface area contributed by atoms with Crippen LogP contribution in [-0.4, -0.2) is 48.2 Å². The van der Waals surface area contributed by atoms with Crippen LogP contribution >= 0.6 is 0 Å². The molecule has 3 rings (SSSR count). The van der Waals surface area contributed by atoms with Gasteiger partial charge in [0.1, 0.15) is 0 Å². The predicted molar refractivity (Wildman–Crippen MR) is 97.3 cm³/mol. The van der Waals surface area contributed by atoms with Crippen LogP contribution in [0.15, 0.2) is 6.20 Å². The summed E-state index contributed by atoms with van der Waals surface area (Å²) in [5.41, 5.74) is 12.0. The number of rotatable bonds is 5. The Bertz CT molecular complexity index is 597. The van der Waals surface area contributed by atoms with E-state index in [2.05, 4.69) is 20.2 Å². The van der Waals surface area contributed by atoms with Gasteiger partial charge in [-0.15, -0.1) is 0 Å². The van der Waals surface area contributed by atoms with Gasteiger partial charge in [0.15, 0.2) is 5.82 Å². The van der Waals surface area contributed by atoms with Crippen molar-refractivity contribution in [2.24, 2.45) is 11.7 Å². The van der Waals surface area contributed by atoms with Gasteiger partial charge in [-0.2, -0.15) is 4.98 Å². The number of ether oxygens (including phenoxy) is 1. The predicted octanol–water partition coefficient (Wildman–Crippen LogP) is 1.13. The fourth-order valence-electron chi connectivity index (χ4n) is 3.62. The minimum Gasteiger partial charge on any atom is -0.394 e. The lowest BCUT2D eigenvalue weighted by Crippen LogP contribution is -2.38. The maximum Gasteiger partial charge on any atom is 0.227 e. The van der Waals surface area contributed by atoms with E-state index in [9.17, 15) is 4.79 Å². The van der Waals surface area contributed by atoms with Gasteiger partial charge in [0.05, 0.1) is 11.9 Å². The molecule has 1 saturated heterocycles. The number of nitrogens with zero attached hydrogens (tertiary/aromatic N) is 3. The normalized spacial score (nSPS) is 24.7. The fraction of sp³-hybridized carbons (Fsp3) is 0.706. The van der Waals surface area contributed by atoms with Crippen LogP contribution in [-0.2, 0) is 9.53 Å². The summed E-state index contributed by atoms with van der Waals surface area (Å²) in [4.78, 5) is 22.4. The molecular formula is C17H28N6O2. The van der Waals surface area contributed by atoms with E-state index in [4.69, 9.17) is 16.2 Å². The highest BCUT2D eigenvalue weighted by Crippen LogP contribution is 2.28. The molecule has 2 heterocycles. The number of hydrogen-bond donors (Lipinski definition) is 3. The molecule has 2 fully saturated rings. The molecule has 2 aliphatic rings. The van der Waals surface area contributed by atoms with Gasteiger partial charge in [-0.25, -0.2) is 4.98 Å². The maximum atomic E-state index is 11.3. The second-order valence-corrected chi connectivity index (χ2v) is 7.02. The molecule has 1 aliphatic carbocycles. The Morgan fingerprint density at radius 3 is 2.56 bits per heavy atom. The van der Waals surface area contributed by atoms with Crippen molar-refractivity contribution in [2.45, 2.75) is 50.6 Å². The van der Waals surface area contributed by atoms with Crippen LogP contribution in [0.3, 0.4) is 0 Å². The SMILES string of the molecule is CN(c1ncc(N)c(N[C@H]2CC[C@H](C(N)=O)CC2)n1)C1CCOCC1. The standard InChI is InChI=1S/C17H28N6O2/c1-23(13-6-8-25-9-7-13)17-20-10-14(18)16(22-17)21-12-4-2-11(3-5-12)15(19)24/h10-13H,2-9,18H2,1H3,(H2,19,24)(H,20,21,22)/t11-,12-. The highest BCUT2D eigenvalue weighted by Gasteiger charge is 2.26. The molecule has 1 amide bonds. The van der Waals surface area contributed by atoms with E-state index in [1.165, 1.54) is 0 Å². The summed E-state index contributed by atoms with van der Waals surface area (Å²) < 4.78 is 5.42. The molecule has 1 saturated carbocycles. The fourth-order valence-corrected chi connectivity index (χ4v) is 3.62. The van der Waals surface area contributed by atoms with Crippen LogP contribution in [0.25, 0.3) is 0 Å². The summed E-state index contributed by atoms with van der Waals surface area (Å²) in [7, 11) is 2.02. The number of nitrogens with one attached hydrogen (secondary N) is 1. The number of amides is 1. The van der Waals surface area contributed by atoms with Crippen molar-refractivity contribution < 1.29 is 9.53 Å². The summed E-state index contributed by atoms with van der Waals surface area (Å²) >= 11 is 0. The van der Waals surface area contributed by atoms with Gasteiger partial charge < -0.3 is 26.4 Å². The lowest BCUT2D eigenvalue weighted by atomic mass is 9.85. The molecule has 8 nitrogen and oxygen atoms in total. The summed E-state index contributed by atoms with van der Waals surface area (Å²) in [6.45, 7) is 1.55. The molecule has 0 unspecified atom stereocenters. The van der Waals surface area contributed by atoms with Gasteiger partial charge in [0.25, 0.3) is 0 Å². The molecule has 25 heavy (non-hydrogen) atoms. The lowest BCUT2D eigenvalue weighted by molar-refractivity contribution is -0.122. The first-order chi connectivity index (χ1) is 12.0. The molecule has 0 spiro atoms. The van der Waals surface area contributed by atoms with Crippen LogP contribution in [0.4, 0.5) is 17.5 Å². The van der Waals surface area contributed by atoms with Crippen molar-refractivity contribution in [2.75, 3.05) is 36.2 Å². The molecular weight excluding hydrogens is 320 g/mol. The minimum absolute atomic E-state index is 0.00369. The number of anilines is 3. The van der Waals surface area contributed by atoms with Crippen molar-refractivity contribution >= 4 is 23.4 Å². The molecule has 1 aromatic heterocycles. The Morgan fingerprint density at radius 1 is 1.24 bits per heavy atom. The quantitative estimate of drug-likeness (QED) is 0.729. The number of carbonyl (C=O) groups excluding carboxylic acids is 1. The van der Waals surface area contributed by atoms with Crippen molar-refractivity contribution in [1.82, 2.24) is 9.97 Å². The van der Waals surface area contributed by atoms with Gasteiger partial charge in [-0.1, -0.05) is 0 Å². The zero-order chi connectivity index (χ0) is 17.8. The van der Waals surface area contributed by atoms with Crippen molar-refractivity contribution in [3.05, 3.63) is 6.20 Å². The Balaban J connectivity index is 1.64. The summed E-state index contributed by atoms with van der Waals surface area (Å²) in [5.74, 6) is 1.15. The molecule has 1 aliphatic heterocycles. The van der Waals surface area contributed by atoms with E-state index in [-0.39, 0.29) is 17.9 Å². The summed E-state index contributed by atoms with van der Waals surface area (Å²) in [6.07, 6.45) is 7.02. The highest BCUT2D eigenvalue weighted by molar-refractivity contribution is 5.76. The first-order valence-electron chi connectivity index (χ1n) is 9.03. The summed E-state index contributed by atoms with van der Waals surface area (Å²) in [5, 5.41) is 3.43. The second kappa shape index (κ2) is 7.86. The van der Waals surface area contributed by atoms with E-state index in [0.29, 0.717) is 23.5 Å². The molecule has 0 radical (unpaired) electrons. The van der Waals surface area contributed by atoms with Crippen molar-refractivity contribution in [3.8, 4) is 0 Å². The minimum atomic E-state index is -0.194. The molecule has 8 heteroatoms. The van der Waals surface area contributed by atoms with E-state index in [1.54, 1.807) is 6.20 Å². The third-order valence-electron chi connectivity index (χ3n) is 5.33. The average Bonchev–Trinajstić information content (AvgIpc) is 2.64. The Morgan fingerprint density at radius 2 is 1.92 bits per heavy atom. The number of nitrogen functional groups attached to an aromatic ring is 1. The van der Waals surface area contributed by atoms with Crippen LogP contribution in [0.2, 0.25) is 0 Å². The maximum absolute atomic E-state index is 11.3. The molecule has 0 atom stereocenters. The monoisotopic (exact) mass is 348 g/mol. The Labute approximate surface area is 148 Å². The van der Waals surface area contributed by atoms with E-state index in [1.807, 2.05) is 7.05 Å². The average molecular weight is 348 g/mol. The largest absolute Gasteiger partial charge is 0.394 e. The van der Waals surface area contributed by atoms with E-state index < -0.39 is 0 Å². The zero-order valence-corrected chi connectivity index (χ0v) is 14.8. The van der Waals surface area contributed by atoms with Gasteiger partial charge in [-0.3, -0.25) is 4.79 Å². The zero-order valence-electron chi connectivity index (χ0n) is 14.8. The van der Waals surface area contributed by atoms with Crippen molar-refractivity contribution in [3.63, 3.8) is 0 Å². The van der Waals surface area contributed by atoms with Gasteiger partial charge in [0, 0.05) is 38.3 Å². The highest BCUT2D eigenvalue weighted by atomic mass is 16.5. The Kier molecular flexibility index (Phi) is 5.57. The third kappa shape index (κ3) is 4.31. The second-order valence-electron chi connectivity index (χ2n) is 7.02. The molecule has 1 aromatic rings. The van der Waals surface area contributed by atoms with Gasteiger partial charge >= 0.3 is 0 Å². The number of primary amides is 1. The topological polar surface area (TPSA) is 119 Å². The summed E-state index contributed by atoms with van der Waals surface area (Å²) in [6, 6.07) is 0.644. The number of carbonyl (C=O) groups is 1. The lowest BCUT2D eigenvalue weighted by Gasteiger charge is -2.32. The van der Waals surface area contributed by atoms with Crippen LogP contribution in [0.5, 0.6) is 0 Å². The number of nitrogens with two attached hydrogens (primary N) is 2. The molecule has 5 N–H and O–H groups in total. The first kappa shape index (κ1) is 17.7. The van der Waals surface area contributed by atoms with E-state index in [0.717, 1.165) is 51.7 Å². The van der Waals surface area contributed by atoms with Gasteiger partial charge in [-0.05, 0) is 38.5 Å². The van der Waals surface area contributed by atoms with Crippen LogP contribution < -0.4 is 21.7 Å². The van der Waals surface area contributed by atoms with Crippen LogP contribution in [0.1, 0.15) is 38.5 Å². The molecule has 138 valence electrons. The third-order valence-corrected chi connectivity index (χ3v) is 5.33.